The molecule has 226 valence electrons. The third-order valence-corrected chi connectivity index (χ3v) is 9.19. The number of nitrogens with one attached hydrogen (secondary N) is 3. The Morgan fingerprint density at radius 1 is 0.791 bits per heavy atom. The zero-order valence-electron chi connectivity index (χ0n) is 25.1. The van der Waals surface area contributed by atoms with Crippen molar-refractivity contribution in [3.8, 4) is 22.6 Å². The zero-order valence-corrected chi connectivity index (χ0v) is 25.9. The van der Waals surface area contributed by atoms with Crippen LogP contribution in [0.5, 0.6) is 0 Å². The Morgan fingerprint density at radius 2 is 1.47 bits per heavy atom. The second-order valence-electron chi connectivity index (χ2n) is 11.5. The summed E-state index contributed by atoms with van der Waals surface area (Å²) in [6.07, 6.45) is 4.28. The highest BCUT2D eigenvalue weighted by atomic mass is 32.1. The lowest BCUT2D eigenvalue weighted by Crippen LogP contribution is -2.44. The number of rotatable bonds is 13. The summed E-state index contributed by atoms with van der Waals surface area (Å²) in [6, 6.07) is 19.4. The van der Waals surface area contributed by atoms with Crippen molar-refractivity contribution in [2.45, 2.75) is 19.4 Å². The van der Waals surface area contributed by atoms with Gasteiger partial charge in [0.15, 0.2) is 5.82 Å². The maximum atomic E-state index is 5.07. The van der Waals surface area contributed by atoms with E-state index in [0.29, 0.717) is 0 Å². The van der Waals surface area contributed by atoms with E-state index in [4.69, 9.17) is 9.97 Å². The largest absolute Gasteiger partial charge is 0.314 e. The van der Waals surface area contributed by atoms with Crippen LogP contribution in [0, 0.1) is 0 Å². The van der Waals surface area contributed by atoms with E-state index in [1.807, 2.05) is 6.21 Å². The Balaban J connectivity index is 1.04. The first-order valence-electron chi connectivity index (χ1n) is 15.8. The van der Waals surface area contributed by atoms with Gasteiger partial charge in [-0.15, -0.1) is 11.3 Å². The lowest BCUT2D eigenvalue weighted by atomic mass is 10.1. The van der Waals surface area contributed by atoms with Gasteiger partial charge in [-0.25, -0.2) is 9.97 Å². The minimum absolute atomic E-state index is 0.770. The molecular formula is C34H44N8S. The summed E-state index contributed by atoms with van der Waals surface area (Å²) in [4.78, 5) is 19.7. The molecular weight excluding hydrogens is 552 g/mol. The molecule has 9 heteroatoms. The van der Waals surface area contributed by atoms with Crippen LogP contribution in [0.2, 0.25) is 0 Å². The van der Waals surface area contributed by atoms with Crippen LogP contribution in [-0.4, -0.2) is 105 Å². The fraction of sp³-hybridized carbons (Fsp3) is 0.441. The first kappa shape index (κ1) is 30.0. The Labute approximate surface area is 259 Å². The summed E-state index contributed by atoms with van der Waals surface area (Å²) < 4.78 is 1.12. The summed E-state index contributed by atoms with van der Waals surface area (Å²) in [5.41, 5.74) is 6.54. The fourth-order valence-corrected chi connectivity index (χ4v) is 6.62. The van der Waals surface area contributed by atoms with Crippen LogP contribution in [-0.2, 0) is 6.54 Å². The predicted molar refractivity (Wildman–Crippen MR) is 180 cm³/mol. The summed E-state index contributed by atoms with van der Waals surface area (Å²) in [7, 11) is 0. The number of aliphatic imine (C=N–C) groups is 1. The van der Waals surface area contributed by atoms with Crippen molar-refractivity contribution in [3.63, 3.8) is 0 Å². The van der Waals surface area contributed by atoms with Gasteiger partial charge in [-0.2, -0.15) is 0 Å². The molecule has 4 aromatic rings. The van der Waals surface area contributed by atoms with Gasteiger partial charge in [0.05, 0.1) is 15.9 Å². The minimum atomic E-state index is 0.770. The number of fused-ring (bicyclic) bond motifs is 1. The maximum absolute atomic E-state index is 5.07. The zero-order chi connectivity index (χ0) is 29.1. The number of piperazine rings is 2. The van der Waals surface area contributed by atoms with Gasteiger partial charge in [0, 0.05) is 82.8 Å². The van der Waals surface area contributed by atoms with Gasteiger partial charge in [-0.1, -0.05) is 48.5 Å². The molecule has 0 atom stereocenters. The second-order valence-corrected chi connectivity index (χ2v) is 12.4. The summed E-state index contributed by atoms with van der Waals surface area (Å²) in [6.45, 7) is 14.1. The third kappa shape index (κ3) is 8.53. The molecule has 0 radical (unpaired) electrons. The molecule has 8 nitrogen and oxygen atoms in total. The lowest BCUT2D eigenvalue weighted by molar-refractivity contribution is 0.237. The van der Waals surface area contributed by atoms with Crippen molar-refractivity contribution in [1.29, 1.82) is 0 Å². The number of nitrogens with zero attached hydrogens (tertiary/aromatic N) is 5. The molecule has 0 amide bonds. The monoisotopic (exact) mass is 596 g/mol. The van der Waals surface area contributed by atoms with Crippen molar-refractivity contribution in [1.82, 2.24) is 35.7 Å². The summed E-state index contributed by atoms with van der Waals surface area (Å²) >= 11 is 1.70. The van der Waals surface area contributed by atoms with Crippen LogP contribution in [0.4, 0.5) is 0 Å². The molecule has 0 unspecified atom stereocenters. The summed E-state index contributed by atoms with van der Waals surface area (Å²) in [5, 5.41) is 12.5. The highest BCUT2D eigenvalue weighted by Crippen LogP contribution is 2.32. The first-order valence-corrected chi connectivity index (χ1v) is 16.7. The van der Waals surface area contributed by atoms with Crippen molar-refractivity contribution < 1.29 is 0 Å². The Bertz CT molecular complexity index is 1440. The second kappa shape index (κ2) is 15.6. The lowest BCUT2D eigenvalue weighted by Gasteiger charge is -2.27. The van der Waals surface area contributed by atoms with Gasteiger partial charge in [0.1, 0.15) is 0 Å². The number of benzene rings is 2. The van der Waals surface area contributed by atoms with Crippen molar-refractivity contribution in [2.75, 3.05) is 78.5 Å². The molecule has 2 aliphatic heterocycles. The quantitative estimate of drug-likeness (QED) is 0.158. The van der Waals surface area contributed by atoms with E-state index < -0.39 is 0 Å². The van der Waals surface area contributed by atoms with Crippen LogP contribution >= 0.6 is 11.3 Å². The average molecular weight is 597 g/mol. The Kier molecular flexibility index (Phi) is 10.9. The van der Waals surface area contributed by atoms with Gasteiger partial charge in [-0.05, 0) is 55.0 Å². The van der Waals surface area contributed by atoms with Gasteiger partial charge >= 0.3 is 0 Å². The van der Waals surface area contributed by atoms with Crippen LogP contribution in [0.15, 0.2) is 65.0 Å². The van der Waals surface area contributed by atoms with Gasteiger partial charge < -0.3 is 25.8 Å². The predicted octanol–water partition coefficient (Wildman–Crippen LogP) is 4.12. The molecule has 2 aromatic heterocycles. The fourth-order valence-electron chi connectivity index (χ4n) is 5.77. The molecule has 0 bridgehead atoms. The van der Waals surface area contributed by atoms with Crippen LogP contribution in [0.1, 0.15) is 24.0 Å². The molecule has 3 N–H and O–H groups in total. The van der Waals surface area contributed by atoms with Crippen LogP contribution in [0.25, 0.3) is 32.9 Å². The van der Waals surface area contributed by atoms with E-state index in [1.54, 1.807) is 11.3 Å². The van der Waals surface area contributed by atoms with Crippen molar-refractivity contribution >= 4 is 27.8 Å². The van der Waals surface area contributed by atoms with E-state index in [9.17, 15) is 0 Å². The van der Waals surface area contributed by atoms with E-state index in [0.717, 1.165) is 110 Å². The Morgan fingerprint density at radius 3 is 2.19 bits per heavy atom. The molecule has 2 saturated heterocycles. The van der Waals surface area contributed by atoms with E-state index in [-0.39, 0.29) is 0 Å². The highest BCUT2D eigenvalue weighted by molar-refractivity contribution is 7.17. The van der Waals surface area contributed by atoms with Crippen LogP contribution in [0.3, 0.4) is 0 Å². The first-order chi connectivity index (χ1) is 21.3. The van der Waals surface area contributed by atoms with Crippen LogP contribution < -0.4 is 16.0 Å². The number of aromatic nitrogens is 2. The van der Waals surface area contributed by atoms with Crippen molar-refractivity contribution in [2.24, 2.45) is 4.99 Å². The van der Waals surface area contributed by atoms with Gasteiger partial charge in [0.2, 0.25) is 0 Å². The molecule has 4 heterocycles. The number of hydrogen-bond donors (Lipinski definition) is 3. The molecule has 2 aromatic carbocycles. The van der Waals surface area contributed by atoms with Crippen molar-refractivity contribution in [3.05, 3.63) is 71.1 Å². The molecule has 2 fully saturated rings. The van der Waals surface area contributed by atoms with Gasteiger partial charge in [-0.3, -0.25) is 4.99 Å². The maximum Gasteiger partial charge on any atom is 0.160 e. The average Bonchev–Trinajstić information content (AvgIpc) is 3.55. The molecule has 0 aliphatic carbocycles. The topological polar surface area (TPSA) is 80.7 Å². The van der Waals surface area contributed by atoms with E-state index in [1.165, 1.54) is 31.6 Å². The Hall–Kier alpha value is -3.05. The molecule has 43 heavy (non-hydrogen) atoms. The molecule has 0 saturated carbocycles. The smallest absolute Gasteiger partial charge is 0.160 e. The third-order valence-electron chi connectivity index (χ3n) is 8.28. The highest BCUT2D eigenvalue weighted by Gasteiger charge is 2.13. The molecule has 2 aliphatic rings. The molecule has 6 rings (SSSR count). The SMILES string of the molecule is C(=NCCCN1CCNCC1)c1ccc(-c2nc(-c3ccc(CNCCCN4CCNCC4)cc3)nc3ccsc23)cc1. The normalized spacial score (nSPS) is 16.8. The number of thiophene rings is 1. The standard InChI is InChI=1S/C34H44N8S/c1(18-41-20-14-35-15-21-41)12-37-25-27-3-7-29(8-4-27)32-33-31(11-24-43-33)39-34(40-32)30-9-5-28(6-10-30)26-38-13-2-19-42-22-16-36-17-23-42/h3-11,24-25,35-36,38H,1-2,12-23,26H2. The number of hydrogen-bond acceptors (Lipinski definition) is 9. The minimum Gasteiger partial charge on any atom is -0.314 e. The molecule has 0 spiro atoms. The van der Waals surface area contributed by atoms with Gasteiger partial charge in [0.25, 0.3) is 0 Å². The van der Waals surface area contributed by atoms with E-state index >= 15 is 0 Å². The summed E-state index contributed by atoms with van der Waals surface area (Å²) in [5.74, 6) is 0.770. The van der Waals surface area contributed by atoms with E-state index in [2.05, 4.69) is 90.7 Å².